The summed E-state index contributed by atoms with van der Waals surface area (Å²) >= 11 is 0. The smallest absolute Gasteiger partial charge is 0.259 e. The molecule has 0 aliphatic heterocycles. The van der Waals surface area contributed by atoms with Gasteiger partial charge in [0, 0.05) is 31.3 Å². The largest absolute Gasteiger partial charge is 0.469 e. The minimum Gasteiger partial charge on any atom is -0.469 e. The highest BCUT2D eigenvalue weighted by Crippen LogP contribution is 2.22. The SMILES string of the molecule is Cc1ccc(-c2ccnc3c(C(=O)N(C)C(C)CCc4ccco4)cnn23)cc1. The molecule has 3 heterocycles. The van der Waals surface area contributed by atoms with Crippen molar-refractivity contribution in [3.8, 4) is 11.3 Å². The minimum absolute atomic E-state index is 0.0582. The average molecular weight is 388 g/mol. The number of hydrogen-bond acceptors (Lipinski definition) is 4. The van der Waals surface area contributed by atoms with Crippen LogP contribution in [0.5, 0.6) is 0 Å². The topological polar surface area (TPSA) is 63.6 Å². The number of fused-ring (bicyclic) bond motifs is 1. The van der Waals surface area contributed by atoms with Crippen LogP contribution in [0.15, 0.2) is 65.5 Å². The van der Waals surface area contributed by atoms with E-state index in [1.807, 2.05) is 32.2 Å². The molecule has 6 heteroatoms. The molecule has 0 bridgehead atoms. The Morgan fingerprint density at radius 1 is 1.21 bits per heavy atom. The maximum atomic E-state index is 13.1. The van der Waals surface area contributed by atoms with E-state index in [-0.39, 0.29) is 11.9 Å². The van der Waals surface area contributed by atoms with Gasteiger partial charge in [-0.15, -0.1) is 0 Å². The number of carbonyl (C=O) groups is 1. The third-order valence-corrected chi connectivity index (χ3v) is 5.35. The molecule has 1 aromatic carbocycles. The molecule has 0 saturated heterocycles. The second kappa shape index (κ2) is 7.91. The van der Waals surface area contributed by atoms with E-state index in [4.69, 9.17) is 4.42 Å². The lowest BCUT2D eigenvalue weighted by molar-refractivity contribution is 0.0738. The predicted molar refractivity (Wildman–Crippen MR) is 112 cm³/mol. The molecule has 3 aromatic heterocycles. The van der Waals surface area contributed by atoms with Crippen LogP contribution in [0.2, 0.25) is 0 Å². The third-order valence-electron chi connectivity index (χ3n) is 5.35. The van der Waals surface area contributed by atoms with Crippen molar-refractivity contribution < 1.29 is 9.21 Å². The first-order valence-electron chi connectivity index (χ1n) is 9.74. The molecule has 0 aliphatic rings. The van der Waals surface area contributed by atoms with Crippen molar-refractivity contribution in [3.63, 3.8) is 0 Å². The van der Waals surface area contributed by atoms with Crippen LogP contribution in [0.25, 0.3) is 16.9 Å². The van der Waals surface area contributed by atoms with E-state index in [1.54, 1.807) is 28.1 Å². The molecule has 0 radical (unpaired) electrons. The fraction of sp³-hybridized carbons (Fsp3) is 0.261. The van der Waals surface area contributed by atoms with Crippen LogP contribution in [0.1, 0.15) is 35.0 Å². The molecule has 29 heavy (non-hydrogen) atoms. The van der Waals surface area contributed by atoms with Gasteiger partial charge >= 0.3 is 0 Å². The normalized spacial score (nSPS) is 12.2. The Labute approximate surface area is 169 Å². The number of aryl methyl sites for hydroxylation is 2. The quantitative estimate of drug-likeness (QED) is 0.491. The average Bonchev–Trinajstić information content (AvgIpc) is 3.41. The number of rotatable bonds is 6. The number of carbonyl (C=O) groups excluding carboxylic acids is 1. The van der Waals surface area contributed by atoms with Gasteiger partial charge in [-0.05, 0) is 38.5 Å². The first kappa shape index (κ1) is 18.9. The Bertz CT molecular complexity index is 1110. The zero-order valence-electron chi connectivity index (χ0n) is 16.9. The molecule has 0 spiro atoms. The van der Waals surface area contributed by atoms with Gasteiger partial charge in [0.05, 0.1) is 18.2 Å². The van der Waals surface area contributed by atoms with Gasteiger partial charge < -0.3 is 9.32 Å². The molecule has 148 valence electrons. The van der Waals surface area contributed by atoms with Crippen molar-refractivity contribution in [2.75, 3.05) is 7.05 Å². The van der Waals surface area contributed by atoms with Crippen LogP contribution in [0.4, 0.5) is 0 Å². The zero-order chi connectivity index (χ0) is 20.4. The van der Waals surface area contributed by atoms with E-state index < -0.39 is 0 Å². The Kier molecular flexibility index (Phi) is 5.16. The van der Waals surface area contributed by atoms with Crippen LogP contribution in [-0.4, -0.2) is 38.5 Å². The second-order valence-corrected chi connectivity index (χ2v) is 7.37. The summed E-state index contributed by atoms with van der Waals surface area (Å²) in [6.07, 6.45) is 6.61. The summed E-state index contributed by atoms with van der Waals surface area (Å²) in [5.41, 5.74) is 4.21. The number of benzene rings is 1. The van der Waals surface area contributed by atoms with Crippen LogP contribution in [0.3, 0.4) is 0 Å². The summed E-state index contributed by atoms with van der Waals surface area (Å²) in [6, 6.07) is 14.0. The lowest BCUT2D eigenvalue weighted by Crippen LogP contribution is -2.35. The van der Waals surface area contributed by atoms with Crippen molar-refractivity contribution in [3.05, 3.63) is 78.0 Å². The van der Waals surface area contributed by atoms with E-state index in [0.29, 0.717) is 11.2 Å². The number of hydrogen-bond donors (Lipinski definition) is 0. The first-order chi connectivity index (χ1) is 14.0. The molecule has 6 nitrogen and oxygen atoms in total. The van der Waals surface area contributed by atoms with E-state index in [0.717, 1.165) is 29.9 Å². The Morgan fingerprint density at radius 3 is 2.72 bits per heavy atom. The molecular formula is C23H24N4O2. The van der Waals surface area contributed by atoms with Crippen LogP contribution >= 0.6 is 0 Å². The lowest BCUT2D eigenvalue weighted by atomic mass is 10.1. The molecule has 1 atom stereocenters. The van der Waals surface area contributed by atoms with Gasteiger partial charge in [0.2, 0.25) is 0 Å². The summed E-state index contributed by atoms with van der Waals surface area (Å²) in [6.45, 7) is 4.09. The van der Waals surface area contributed by atoms with Crippen LogP contribution in [0, 0.1) is 6.92 Å². The number of furan rings is 1. The van der Waals surface area contributed by atoms with Gasteiger partial charge in [-0.1, -0.05) is 29.8 Å². The molecular weight excluding hydrogens is 364 g/mol. The predicted octanol–water partition coefficient (Wildman–Crippen LogP) is 4.39. The van der Waals surface area contributed by atoms with Gasteiger partial charge in [-0.3, -0.25) is 4.79 Å². The number of aromatic nitrogens is 3. The Morgan fingerprint density at radius 2 is 2.00 bits per heavy atom. The van der Waals surface area contributed by atoms with Crippen molar-refractivity contribution in [2.45, 2.75) is 32.7 Å². The number of nitrogens with zero attached hydrogens (tertiary/aromatic N) is 4. The van der Waals surface area contributed by atoms with E-state index in [9.17, 15) is 4.79 Å². The summed E-state index contributed by atoms with van der Waals surface area (Å²) in [5.74, 6) is 0.846. The number of amides is 1. The van der Waals surface area contributed by atoms with E-state index in [2.05, 4.69) is 41.3 Å². The minimum atomic E-state index is -0.0829. The first-order valence-corrected chi connectivity index (χ1v) is 9.74. The van der Waals surface area contributed by atoms with Crippen molar-refractivity contribution in [1.82, 2.24) is 19.5 Å². The summed E-state index contributed by atoms with van der Waals surface area (Å²) in [5, 5.41) is 4.46. The van der Waals surface area contributed by atoms with Gasteiger partial charge in [0.1, 0.15) is 11.3 Å². The highest BCUT2D eigenvalue weighted by atomic mass is 16.3. The van der Waals surface area contributed by atoms with Gasteiger partial charge in [0.15, 0.2) is 5.65 Å². The summed E-state index contributed by atoms with van der Waals surface area (Å²) < 4.78 is 7.13. The van der Waals surface area contributed by atoms with Crippen LogP contribution < -0.4 is 0 Å². The monoisotopic (exact) mass is 388 g/mol. The van der Waals surface area contributed by atoms with Crippen molar-refractivity contribution in [1.29, 1.82) is 0 Å². The van der Waals surface area contributed by atoms with E-state index >= 15 is 0 Å². The fourth-order valence-electron chi connectivity index (χ4n) is 3.38. The molecule has 0 fully saturated rings. The van der Waals surface area contributed by atoms with E-state index in [1.165, 1.54) is 5.56 Å². The Balaban J connectivity index is 1.58. The van der Waals surface area contributed by atoms with Crippen molar-refractivity contribution in [2.24, 2.45) is 0 Å². The Hall–Kier alpha value is -3.41. The van der Waals surface area contributed by atoms with Crippen molar-refractivity contribution >= 4 is 11.6 Å². The highest BCUT2D eigenvalue weighted by molar-refractivity contribution is 5.99. The zero-order valence-corrected chi connectivity index (χ0v) is 16.9. The highest BCUT2D eigenvalue weighted by Gasteiger charge is 2.22. The maximum absolute atomic E-state index is 13.1. The second-order valence-electron chi connectivity index (χ2n) is 7.37. The molecule has 0 aliphatic carbocycles. The van der Waals surface area contributed by atoms with Gasteiger partial charge in [-0.2, -0.15) is 5.10 Å². The third kappa shape index (κ3) is 3.78. The molecule has 4 rings (SSSR count). The fourth-order valence-corrected chi connectivity index (χ4v) is 3.38. The maximum Gasteiger partial charge on any atom is 0.259 e. The molecule has 0 N–H and O–H groups in total. The molecule has 4 aromatic rings. The summed E-state index contributed by atoms with van der Waals surface area (Å²) in [4.78, 5) is 19.3. The summed E-state index contributed by atoms with van der Waals surface area (Å²) in [7, 11) is 1.82. The van der Waals surface area contributed by atoms with Gasteiger partial charge in [0.25, 0.3) is 5.91 Å². The standard InChI is InChI=1S/C23H24N4O2/c1-16-6-9-18(10-7-16)21-12-13-24-22-20(15-25-27(21)22)23(28)26(3)17(2)8-11-19-5-4-14-29-19/h4-7,9-10,12-15,17H,8,11H2,1-3H3. The molecule has 1 unspecified atom stereocenters. The lowest BCUT2D eigenvalue weighted by Gasteiger charge is -2.24. The molecule has 0 saturated carbocycles. The van der Waals surface area contributed by atoms with Gasteiger partial charge in [-0.25, -0.2) is 9.50 Å². The molecule has 1 amide bonds. The van der Waals surface area contributed by atoms with Crippen LogP contribution in [-0.2, 0) is 6.42 Å².